The van der Waals surface area contributed by atoms with Crippen molar-refractivity contribution < 1.29 is 4.79 Å². The minimum atomic E-state index is -0.259. The van der Waals surface area contributed by atoms with Crippen LogP contribution in [0.1, 0.15) is 28.4 Å². The number of anilines is 1. The first kappa shape index (κ1) is 18.3. The van der Waals surface area contributed by atoms with Crippen LogP contribution < -0.4 is 10.3 Å². The van der Waals surface area contributed by atoms with Gasteiger partial charge in [0, 0.05) is 36.7 Å². The van der Waals surface area contributed by atoms with Crippen molar-refractivity contribution in [1.82, 2.24) is 10.4 Å². The van der Waals surface area contributed by atoms with E-state index in [1.807, 2.05) is 18.2 Å². The van der Waals surface area contributed by atoms with E-state index in [0.29, 0.717) is 5.56 Å². The molecule has 1 heterocycles. The Labute approximate surface area is 159 Å². The highest BCUT2D eigenvalue weighted by Crippen LogP contribution is 2.17. The van der Waals surface area contributed by atoms with Crippen LogP contribution in [0.2, 0.25) is 0 Å². The van der Waals surface area contributed by atoms with Crippen molar-refractivity contribution in [2.24, 2.45) is 5.10 Å². The number of aromatic nitrogens is 1. The fourth-order valence-corrected chi connectivity index (χ4v) is 2.69. The molecule has 5 nitrogen and oxygen atoms in total. The fraction of sp³-hybridized carbons (Fsp3) is 0.136. The quantitative estimate of drug-likeness (QED) is 0.515. The molecule has 0 bridgehead atoms. The molecule has 27 heavy (non-hydrogen) atoms. The van der Waals surface area contributed by atoms with Gasteiger partial charge in [0.15, 0.2) is 0 Å². The summed E-state index contributed by atoms with van der Waals surface area (Å²) in [6.07, 6.45) is 4.79. The molecule has 1 aromatic heterocycles. The summed E-state index contributed by atoms with van der Waals surface area (Å²) < 4.78 is 0. The Hall–Kier alpha value is -3.47. The molecule has 1 amide bonds. The van der Waals surface area contributed by atoms with Gasteiger partial charge in [-0.05, 0) is 42.3 Å². The second kappa shape index (κ2) is 9.29. The van der Waals surface area contributed by atoms with E-state index in [0.717, 1.165) is 24.3 Å². The standard InChI is InChI=1S/C22H22N4O/c1-2-26(17-19-6-4-3-5-7-19)21-10-8-18(9-11-21)16-24-25-22(27)20-12-14-23-15-13-20/h3-16H,2,17H2,1H3,(H,25,27)/b24-16+. The number of nitrogens with one attached hydrogen (secondary N) is 1. The number of hydrazone groups is 1. The van der Waals surface area contributed by atoms with Gasteiger partial charge in [-0.3, -0.25) is 9.78 Å². The van der Waals surface area contributed by atoms with Gasteiger partial charge in [-0.15, -0.1) is 0 Å². The Morgan fingerprint density at radius 3 is 2.41 bits per heavy atom. The summed E-state index contributed by atoms with van der Waals surface area (Å²) in [5.74, 6) is -0.259. The second-order valence-corrected chi connectivity index (χ2v) is 6.03. The lowest BCUT2D eigenvalue weighted by atomic mass is 10.1. The third kappa shape index (κ3) is 5.25. The van der Waals surface area contributed by atoms with Gasteiger partial charge in [0.2, 0.25) is 0 Å². The zero-order chi connectivity index (χ0) is 18.9. The molecule has 3 aromatic rings. The molecule has 0 aliphatic rings. The van der Waals surface area contributed by atoms with Crippen LogP contribution in [0, 0.1) is 0 Å². The van der Waals surface area contributed by atoms with Crippen molar-refractivity contribution >= 4 is 17.8 Å². The van der Waals surface area contributed by atoms with Gasteiger partial charge in [0.05, 0.1) is 6.21 Å². The zero-order valence-corrected chi connectivity index (χ0v) is 15.2. The summed E-state index contributed by atoms with van der Waals surface area (Å²) in [5.41, 5.74) is 6.40. The largest absolute Gasteiger partial charge is 0.367 e. The van der Waals surface area contributed by atoms with Gasteiger partial charge in [-0.2, -0.15) is 5.10 Å². The molecule has 0 saturated carbocycles. The first-order chi connectivity index (χ1) is 13.3. The van der Waals surface area contributed by atoms with Crippen LogP contribution in [-0.4, -0.2) is 23.7 Å². The Kier molecular flexibility index (Phi) is 6.30. The molecule has 0 saturated heterocycles. The van der Waals surface area contributed by atoms with E-state index in [9.17, 15) is 4.79 Å². The van der Waals surface area contributed by atoms with Crippen LogP contribution >= 0.6 is 0 Å². The SMILES string of the molecule is CCN(Cc1ccccc1)c1ccc(/C=N/NC(=O)c2ccncc2)cc1. The minimum Gasteiger partial charge on any atom is -0.367 e. The van der Waals surface area contributed by atoms with E-state index < -0.39 is 0 Å². The van der Waals surface area contributed by atoms with Crippen molar-refractivity contribution in [3.63, 3.8) is 0 Å². The Morgan fingerprint density at radius 1 is 1.04 bits per heavy atom. The highest BCUT2D eigenvalue weighted by Gasteiger charge is 2.05. The molecular weight excluding hydrogens is 336 g/mol. The topological polar surface area (TPSA) is 57.6 Å². The molecular formula is C22H22N4O. The van der Waals surface area contributed by atoms with Gasteiger partial charge in [0.1, 0.15) is 0 Å². The average molecular weight is 358 g/mol. The monoisotopic (exact) mass is 358 g/mol. The maximum absolute atomic E-state index is 11.9. The smallest absolute Gasteiger partial charge is 0.271 e. The van der Waals surface area contributed by atoms with Crippen LogP contribution in [0.5, 0.6) is 0 Å². The van der Waals surface area contributed by atoms with E-state index in [1.54, 1.807) is 30.7 Å². The van der Waals surface area contributed by atoms with E-state index >= 15 is 0 Å². The highest BCUT2D eigenvalue weighted by atomic mass is 16.2. The molecule has 0 aliphatic carbocycles. The maximum atomic E-state index is 11.9. The van der Waals surface area contributed by atoms with Gasteiger partial charge < -0.3 is 4.90 Å². The normalized spacial score (nSPS) is 10.7. The van der Waals surface area contributed by atoms with Gasteiger partial charge in [0.25, 0.3) is 5.91 Å². The summed E-state index contributed by atoms with van der Waals surface area (Å²) >= 11 is 0. The Bertz CT molecular complexity index is 877. The number of rotatable bonds is 7. The van der Waals surface area contributed by atoms with Gasteiger partial charge >= 0.3 is 0 Å². The van der Waals surface area contributed by atoms with Crippen molar-refractivity contribution in [2.75, 3.05) is 11.4 Å². The number of pyridine rings is 1. The molecule has 0 fully saturated rings. The van der Waals surface area contributed by atoms with Crippen molar-refractivity contribution in [1.29, 1.82) is 0 Å². The van der Waals surface area contributed by atoms with E-state index in [1.165, 1.54) is 5.56 Å². The zero-order valence-electron chi connectivity index (χ0n) is 15.2. The first-order valence-corrected chi connectivity index (χ1v) is 8.88. The number of hydrogen-bond acceptors (Lipinski definition) is 4. The second-order valence-electron chi connectivity index (χ2n) is 6.03. The van der Waals surface area contributed by atoms with E-state index in [2.05, 4.69) is 63.7 Å². The molecule has 0 aliphatic heterocycles. The van der Waals surface area contributed by atoms with Crippen LogP contribution in [0.3, 0.4) is 0 Å². The third-order valence-corrected chi connectivity index (χ3v) is 4.18. The Morgan fingerprint density at radius 2 is 1.74 bits per heavy atom. The number of nitrogens with zero attached hydrogens (tertiary/aromatic N) is 3. The molecule has 1 N–H and O–H groups in total. The van der Waals surface area contributed by atoms with Crippen molar-refractivity contribution in [2.45, 2.75) is 13.5 Å². The van der Waals surface area contributed by atoms with E-state index in [4.69, 9.17) is 0 Å². The molecule has 3 rings (SSSR count). The summed E-state index contributed by atoms with van der Waals surface area (Å²) in [6, 6.07) is 21.8. The maximum Gasteiger partial charge on any atom is 0.271 e. The highest BCUT2D eigenvalue weighted by molar-refractivity contribution is 5.94. The van der Waals surface area contributed by atoms with Gasteiger partial charge in [-0.25, -0.2) is 5.43 Å². The van der Waals surface area contributed by atoms with Gasteiger partial charge in [-0.1, -0.05) is 42.5 Å². The molecule has 0 radical (unpaired) electrons. The summed E-state index contributed by atoms with van der Waals surface area (Å²) in [6.45, 7) is 3.93. The number of carbonyl (C=O) groups excluding carboxylic acids is 1. The fourth-order valence-electron chi connectivity index (χ4n) is 2.69. The van der Waals surface area contributed by atoms with Crippen LogP contribution in [-0.2, 0) is 6.54 Å². The summed E-state index contributed by atoms with van der Waals surface area (Å²) in [5, 5.41) is 4.02. The lowest BCUT2D eigenvalue weighted by Crippen LogP contribution is -2.21. The molecule has 2 aromatic carbocycles. The summed E-state index contributed by atoms with van der Waals surface area (Å²) in [7, 11) is 0. The lowest BCUT2D eigenvalue weighted by Gasteiger charge is -2.23. The number of amides is 1. The number of benzene rings is 2. The average Bonchev–Trinajstić information content (AvgIpc) is 2.74. The van der Waals surface area contributed by atoms with Crippen LogP contribution in [0.4, 0.5) is 5.69 Å². The molecule has 0 spiro atoms. The van der Waals surface area contributed by atoms with Crippen LogP contribution in [0.15, 0.2) is 84.2 Å². The predicted molar refractivity (Wildman–Crippen MR) is 109 cm³/mol. The lowest BCUT2D eigenvalue weighted by molar-refractivity contribution is 0.0955. The molecule has 0 atom stereocenters. The first-order valence-electron chi connectivity index (χ1n) is 8.88. The third-order valence-electron chi connectivity index (χ3n) is 4.18. The van der Waals surface area contributed by atoms with Crippen molar-refractivity contribution in [3.8, 4) is 0 Å². The Balaban J connectivity index is 1.60. The number of carbonyl (C=O) groups is 1. The predicted octanol–water partition coefficient (Wildman–Crippen LogP) is 3.87. The summed E-state index contributed by atoms with van der Waals surface area (Å²) in [4.78, 5) is 18.1. The number of hydrogen-bond donors (Lipinski definition) is 1. The minimum absolute atomic E-state index is 0.259. The molecule has 136 valence electrons. The van der Waals surface area contributed by atoms with Crippen LogP contribution in [0.25, 0.3) is 0 Å². The van der Waals surface area contributed by atoms with Crippen molar-refractivity contribution in [3.05, 3.63) is 95.8 Å². The molecule has 5 heteroatoms. The van der Waals surface area contributed by atoms with E-state index in [-0.39, 0.29) is 5.91 Å². The molecule has 0 unspecified atom stereocenters.